The summed E-state index contributed by atoms with van der Waals surface area (Å²) in [5.41, 5.74) is 0.197. The number of ether oxygens (including phenoxy) is 1. The fourth-order valence-electron chi connectivity index (χ4n) is 3.28. The summed E-state index contributed by atoms with van der Waals surface area (Å²) in [6.07, 6.45) is 3.20. The van der Waals surface area contributed by atoms with Crippen LogP contribution in [-0.4, -0.2) is 28.6 Å². The maximum absolute atomic E-state index is 13.4. The number of pyridine rings is 1. The predicted molar refractivity (Wildman–Crippen MR) is 112 cm³/mol. The average Bonchev–Trinajstić information content (AvgIpc) is 3.24. The number of benzene rings is 2. The number of nitrogens with one attached hydrogen (secondary N) is 2. The van der Waals surface area contributed by atoms with Crippen LogP contribution in [0.4, 0.5) is 13.2 Å². The molecule has 4 rings (SSSR count). The smallest absolute Gasteiger partial charge is 0.263 e. The Balaban J connectivity index is 1.38. The van der Waals surface area contributed by atoms with Crippen molar-refractivity contribution >= 4 is 16.8 Å². The molecule has 32 heavy (non-hydrogen) atoms. The lowest BCUT2D eigenvalue weighted by Crippen LogP contribution is -2.34. The Morgan fingerprint density at radius 1 is 1.06 bits per heavy atom. The van der Waals surface area contributed by atoms with E-state index >= 15 is 0 Å². The number of nitrogens with zero attached hydrogens (tertiary/aromatic N) is 1. The number of carbonyl (C=O) groups excluding carboxylic acids is 1. The SMILES string of the molecule is O=C(NCCOc1ccc2cc[nH]c2c1)c1cccn(Cc2cc(F)c(F)c(F)c2)c1=O. The van der Waals surface area contributed by atoms with Crippen LogP contribution in [0.3, 0.4) is 0 Å². The van der Waals surface area contributed by atoms with Crippen LogP contribution in [0.5, 0.6) is 5.75 Å². The third-order valence-electron chi connectivity index (χ3n) is 4.84. The summed E-state index contributed by atoms with van der Waals surface area (Å²) in [5.74, 6) is -4.25. The topological polar surface area (TPSA) is 76.1 Å². The van der Waals surface area contributed by atoms with E-state index in [2.05, 4.69) is 10.3 Å². The second-order valence-corrected chi connectivity index (χ2v) is 7.06. The Kier molecular flexibility index (Phi) is 5.98. The number of hydrogen-bond donors (Lipinski definition) is 2. The molecule has 0 aliphatic heterocycles. The molecule has 9 heteroatoms. The Labute approximate surface area is 180 Å². The maximum atomic E-state index is 13.4. The first-order valence-electron chi connectivity index (χ1n) is 9.73. The van der Waals surface area contributed by atoms with Crippen LogP contribution in [0.1, 0.15) is 15.9 Å². The van der Waals surface area contributed by atoms with Gasteiger partial charge in [0.1, 0.15) is 17.9 Å². The van der Waals surface area contributed by atoms with Crippen molar-refractivity contribution in [1.82, 2.24) is 14.9 Å². The molecule has 2 N–H and O–H groups in total. The fourth-order valence-corrected chi connectivity index (χ4v) is 3.28. The highest BCUT2D eigenvalue weighted by Crippen LogP contribution is 2.19. The second kappa shape index (κ2) is 9.01. The van der Waals surface area contributed by atoms with Crippen molar-refractivity contribution in [3.8, 4) is 5.75 Å². The minimum atomic E-state index is -1.58. The number of hydrogen-bond acceptors (Lipinski definition) is 3. The van der Waals surface area contributed by atoms with Crippen molar-refractivity contribution < 1.29 is 22.7 Å². The van der Waals surface area contributed by atoms with Gasteiger partial charge in [-0.05, 0) is 53.4 Å². The van der Waals surface area contributed by atoms with Crippen LogP contribution in [0.2, 0.25) is 0 Å². The zero-order chi connectivity index (χ0) is 22.7. The molecule has 0 bridgehead atoms. The lowest BCUT2D eigenvalue weighted by molar-refractivity contribution is 0.0945. The number of aromatic amines is 1. The first kappa shape index (κ1) is 21.2. The number of aromatic nitrogens is 2. The van der Waals surface area contributed by atoms with E-state index in [1.165, 1.54) is 18.3 Å². The van der Waals surface area contributed by atoms with Gasteiger partial charge in [-0.15, -0.1) is 0 Å². The number of rotatable bonds is 7. The van der Waals surface area contributed by atoms with Gasteiger partial charge in [-0.1, -0.05) is 0 Å². The Morgan fingerprint density at radius 3 is 2.62 bits per heavy atom. The van der Waals surface area contributed by atoms with Crippen molar-refractivity contribution in [3.05, 3.63) is 99.9 Å². The maximum Gasteiger partial charge on any atom is 0.263 e. The van der Waals surface area contributed by atoms with Crippen molar-refractivity contribution in [2.45, 2.75) is 6.54 Å². The molecule has 0 radical (unpaired) electrons. The molecular formula is C23H18F3N3O3. The Hall–Kier alpha value is -4.01. The van der Waals surface area contributed by atoms with E-state index in [4.69, 9.17) is 4.74 Å². The first-order chi connectivity index (χ1) is 15.4. The van der Waals surface area contributed by atoms with Gasteiger partial charge in [0, 0.05) is 24.0 Å². The molecule has 164 valence electrons. The molecule has 2 aromatic heterocycles. The largest absolute Gasteiger partial charge is 0.492 e. The predicted octanol–water partition coefficient (Wildman–Crippen LogP) is 3.60. The Bertz CT molecular complexity index is 1320. The highest BCUT2D eigenvalue weighted by Gasteiger charge is 2.14. The molecule has 2 aromatic carbocycles. The molecule has 0 unspecified atom stereocenters. The normalized spacial score (nSPS) is 11.0. The number of fused-ring (bicyclic) bond motifs is 1. The molecule has 0 aliphatic carbocycles. The van der Waals surface area contributed by atoms with Gasteiger partial charge in [0.15, 0.2) is 17.5 Å². The van der Waals surface area contributed by atoms with Crippen LogP contribution < -0.4 is 15.6 Å². The van der Waals surface area contributed by atoms with Crippen LogP contribution >= 0.6 is 0 Å². The molecule has 6 nitrogen and oxygen atoms in total. The van der Waals surface area contributed by atoms with E-state index in [1.54, 1.807) is 0 Å². The van der Waals surface area contributed by atoms with Crippen molar-refractivity contribution in [2.24, 2.45) is 0 Å². The van der Waals surface area contributed by atoms with Gasteiger partial charge in [-0.3, -0.25) is 9.59 Å². The van der Waals surface area contributed by atoms with E-state index in [-0.39, 0.29) is 30.8 Å². The first-order valence-corrected chi connectivity index (χ1v) is 9.73. The number of carbonyl (C=O) groups is 1. The molecule has 0 aliphatic rings. The summed E-state index contributed by atoms with van der Waals surface area (Å²) >= 11 is 0. The standard InChI is InChI=1S/C23H18F3N3O3/c24-18-10-14(11-19(25)21(18)26)13-29-8-1-2-17(23(29)31)22(30)28-7-9-32-16-4-3-15-5-6-27-20(15)12-16/h1-6,8,10-12,27H,7,9,13H2,(H,28,30). The highest BCUT2D eigenvalue weighted by molar-refractivity contribution is 5.93. The van der Waals surface area contributed by atoms with E-state index in [9.17, 15) is 22.8 Å². The zero-order valence-corrected chi connectivity index (χ0v) is 16.7. The molecule has 0 atom stereocenters. The lowest BCUT2D eigenvalue weighted by Gasteiger charge is -2.10. The monoisotopic (exact) mass is 441 g/mol. The quantitative estimate of drug-likeness (QED) is 0.340. The van der Waals surface area contributed by atoms with Gasteiger partial charge in [0.05, 0.1) is 13.1 Å². The fraction of sp³-hybridized carbons (Fsp3) is 0.130. The molecule has 2 heterocycles. The zero-order valence-electron chi connectivity index (χ0n) is 16.7. The van der Waals surface area contributed by atoms with Crippen LogP contribution in [0.25, 0.3) is 10.9 Å². The number of H-pyrrole nitrogens is 1. The highest BCUT2D eigenvalue weighted by atomic mass is 19.2. The molecule has 4 aromatic rings. The summed E-state index contributed by atoms with van der Waals surface area (Å²) in [7, 11) is 0. The van der Waals surface area contributed by atoms with Crippen molar-refractivity contribution in [3.63, 3.8) is 0 Å². The van der Waals surface area contributed by atoms with Gasteiger partial charge in [-0.2, -0.15) is 0 Å². The van der Waals surface area contributed by atoms with Gasteiger partial charge in [0.2, 0.25) is 0 Å². The van der Waals surface area contributed by atoms with E-state index in [1.807, 2.05) is 30.5 Å². The van der Waals surface area contributed by atoms with Crippen LogP contribution in [-0.2, 0) is 6.54 Å². The third kappa shape index (κ3) is 4.51. The minimum Gasteiger partial charge on any atom is -0.492 e. The van der Waals surface area contributed by atoms with E-state index in [0.717, 1.165) is 27.6 Å². The average molecular weight is 441 g/mol. The van der Waals surface area contributed by atoms with E-state index in [0.29, 0.717) is 5.75 Å². The van der Waals surface area contributed by atoms with Gasteiger partial charge in [0.25, 0.3) is 11.5 Å². The summed E-state index contributed by atoms with van der Waals surface area (Å²) in [6, 6.07) is 11.9. The Morgan fingerprint density at radius 2 is 1.84 bits per heavy atom. The summed E-state index contributed by atoms with van der Waals surface area (Å²) in [5, 5.41) is 3.66. The van der Waals surface area contributed by atoms with Crippen LogP contribution in [0.15, 0.2) is 65.7 Å². The number of halogens is 3. The molecule has 0 fully saturated rings. The molecule has 1 amide bonds. The van der Waals surface area contributed by atoms with Gasteiger partial charge < -0.3 is 19.6 Å². The van der Waals surface area contributed by atoms with E-state index < -0.39 is 28.9 Å². The summed E-state index contributed by atoms with van der Waals surface area (Å²) < 4.78 is 46.7. The number of amides is 1. The molecule has 0 saturated heterocycles. The molecule has 0 spiro atoms. The minimum absolute atomic E-state index is 0.0495. The van der Waals surface area contributed by atoms with Gasteiger partial charge >= 0.3 is 0 Å². The second-order valence-electron chi connectivity index (χ2n) is 7.06. The third-order valence-corrected chi connectivity index (χ3v) is 4.84. The lowest BCUT2D eigenvalue weighted by atomic mass is 10.2. The van der Waals surface area contributed by atoms with Gasteiger partial charge in [-0.25, -0.2) is 13.2 Å². The molecule has 0 saturated carbocycles. The van der Waals surface area contributed by atoms with Crippen molar-refractivity contribution in [2.75, 3.05) is 13.2 Å². The van der Waals surface area contributed by atoms with Crippen LogP contribution in [0, 0.1) is 17.5 Å². The molecular weight excluding hydrogens is 423 g/mol. The van der Waals surface area contributed by atoms with Crippen molar-refractivity contribution in [1.29, 1.82) is 0 Å². The summed E-state index contributed by atoms with van der Waals surface area (Å²) in [4.78, 5) is 28.1. The summed E-state index contributed by atoms with van der Waals surface area (Å²) in [6.45, 7) is 0.121.